The predicted octanol–water partition coefficient (Wildman–Crippen LogP) is 5.78. The zero-order valence-electron chi connectivity index (χ0n) is 16.3. The zero-order chi connectivity index (χ0) is 19.9. The molecule has 0 aliphatic carbocycles. The van der Waals surface area contributed by atoms with E-state index >= 15 is 0 Å². The number of hydrogen-bond acceptors (Lipinski definition) is 3. The van der Waals surface area contributed by atoms with Gasteiger partial charge < -0.3 is 14.2 Å². The summed E-state index contributed by atoms with van der Waals surface area (Å²) in [6, 6.07) is 9.98. The van der Waals surface area contributed by atoms with E-state index in [9.17, 15) is 8.78 Å². The first-order valence-corrected chi connectivity index (χ1v) is 9.70. The van der Waals surface area contributed by atoms with Gasteiger partial charge in [0.25, 0.3) is 0 Å². The van der Waals surface area contributed by atoms with Crippen molar-refractivity contribution >= 4 is 0 Å². The van der Waals surface area contributed by atoms with Crippen molar-refractivity contribution in [1.82, 2.24) is 0 Å². The highest BCUT2D eigenvalue weighted by Crippen LogP contribution is 2.31. The molecule has 0 aromatic heterocycles. The number of benzene rings is 2. The van der Waals surface area contributed by atoms with Gasteiger partial charge >= 0.3 is 0 Å². The van der Waals surface area contributed by atoms with Crippen molar-refractivity contribution in [2.24, 2.45) is 5.92 Å². The molecule has 3 rings (SSSR count). The van der Waals surface area contributed by atoms with Crippen molar-refractivity contribution in [2.75, 3.05) is 19.8 Å². The highest BCUT2D eigenvalue weighted by Gasteiger charge is 2.20. The Kier molecular flexibility index (Phi) is 7.04. The summed E-state index contributed by atoms with van der Waals surface area (Å²) < 4.78 is 45.2. The number of ether oxygens (including phenoxy) is 3. The van der Waals surface area contributed by atoms with Gasteiger partial charge in [-0.3, -0.25) is 0 Å². The normalized spacial score (nSPS) is 19.7. The molecule has 0 bridgehead atoms. The molecule has 2 aromatic carbocycles. The van der Waals surface area contributed by atoms with E-state index in [2.05, 4.69) is 6.08 Å². The highest BCUT2D eigenvalue weighted by atomic mass is 19.2. The maximum Gasteiger partial charge on any atom is 0.201 e. The first kappa shape index (κ1) is 20.3. The Labute approximate surface area is 164 Å². The van der Waals surface area contributed by atoms with E-state index in [-0.39, 0.29) is 24.0 Å². The van der Waals surface area contributed by atoms with Gasteiger partial charge in [-0.15, -0.1) is 0 Å². The molecular weight excluding hydrogens is 362 g/mol. The molecule has 1 fully saturated rings. The van der Waals surface area contributed by atoms with Gasteiger partial charge in [0, 0.05) is 11.5 Å². The minimum atomic E-state index is -0.965. The van der Waals surface area contributed by atoms with Crippen LogP contribution in [0.4, 0.5) is 8.78 Å². The second-order valence-electron chi connectivity index (χ2n) is 6.85. The van der Waals surface area contributed by atoms with Gasteiger partial charge in [0.1, 0.15) is 5.75 Å². The molecule has 1 heterocycles. The van der Waals surface area contributed by atoms with Crippen LogP contribution in [-0.4, -0.2) is 25.9 Å². The van der Waals surface area contributed by atoms with E-state index in [4.69, 9.17) is 14.2 Å². The van der Waals surface area contributed by atoms with E-state index in [1.54, 1.807) is 31.2 Å². The van der Waals surface area contributed by atoms with E-state index in [1.165, 1.54) is 12.1 Å². The molecule has 2 atom stereocenters. The fourth-order valence-electron chi connectivity index (χ4n) is 3.29. The van der Waals surface area contributed by atoms with Crippen LogP contribution < -0.4 is 9.47 Å². The van der Waals surface area contributed by atoms with Crippen LogP contribution in [-0.2, 0) is 4.74 Å². The molecule has 1 aliphatic heterocycles. The third-order valence-corrected chi connectivity index (χ3v) is 4.81. The lowest BCUT2D eigenvalue weighted by molar-refractivity contribution is -0.00304. The second kappa shape index (κ2) is 9.69. The molecule has 3 nitrogen and oxygen atoms in total. The summed E-state index contributed by atoms with van der Waals surface area (Å²) in [7, 11) is 0. The van der Waals surface area contributed by atoms with E-state index in [0.29, 0.717) is 30.4 Å². The van der Waals surface area contributed by atoms with Crippen molar-refractivity contribution in [3.05, 3.63) is 60.2 Å². The number of rotatable bonds is 7. The molecular formula is C23H26F2O3. The van der Waals surface area contributed by atoms with Crippen molar-refractivity contribution < 1.29 is 23.0 Å². The maximum absolute atomic E-state index is 14.3. The van der Waals surface area contributed by atoms with Crippen LogP contribution in [0.1, 0.15) is 26.7 Å². The number of allylic oxidation sites excluding steroid dienone is 1. The van der Waals surface area contributed by atoms with Crippen molar-refractivity contribution in [3.8, 4) is 22.6 Å². The lowest BCUT2D eigenvalue weighted by Gasteiger charge is -2.27. The van der Waals surface area contributed by atoms with Crippen LogP contribution in [0.3, 0.4) is 0 Å². The minimum absolute atomic E-state index is 0.0740. The standard InChI is InChI=1S/C23H26F2O3/c1-3-5-18-9-6-16(14-27-18)15-28-19-10-7-17(8-11-19)20-12-13-21(26-4-2)23(25)22(20)24/h3,5,7-8,10-13,16,18H,4,6,9,14-15H2,1-2H3/b5-3+. The van der Waals surface area contributed by atoms with Crippen LogP contribution in [0.5, 0.6) is 11.5 Å². The largest absolute Gasteiger partial charge is 0.493 e. The monoisotopic (exact) mass is 388 g/mol. The fraction of sp³-hybridized carbons (Fsp3) is 0.391. The Hall–Kier alpha value is -2.40. The summed E-state index contributed by atoms with van der Waals surface area (Å²) in [6.07, 6.45) is 6.37. The zero-order valence-corrected chi connectivity index (χ0v) is 16.3. The Bertz CT molecular complexity index is 794. The number of hydrogen-bond donors (Lipinski definition) is 0. The second-order valence-corrected chi connectivity index (χ2v) is 6.85. The van der Waals surface area contributed by atoms with Gasteiger partial charge in [0.15, 0.2) is 11.6 Å². The third kappa shape index (κ3) is 4.90. The quantitative estimate of drug-likeness (QED) is 0.563. The summed E-state index contributed by atoms with van der Waals surface area (Å²) in [4.78, 5) is 0. The van der Waals surface area contributed by atoms with Crippen molar-refractivity contribution in [2.45, 2.75) is 32.8 Å². The molecule has 2 aromatic rings. The van der Waals surface area contributed by atoms with Gasteiger partial charge in [-0.25, -0.2) is 4.39 Å². The summed E-state index contributed by atoms with van der Waals surface area (Å²) >= 11 is 0. The van der Waals surface area contributed by atoms with Crippen molar-refractivity contribution in [1.29, 1.82) is 0 Å². The van der Waals surface area contributed by atoms with E-state index in [0.717, 1.165) is 12.8 Å². The first-order valence-electron chi connectivity index (χ1n) is 9.70. The van der Waals surface area contributed by atoms with Crippen molar-refractivity contribution in [3.63, 3.8) is 0 Å². The summed E-state index contributed by atoms with van der Waals surface area (Å²) in [5, 5.41) is 0. The minimum Gasteiger partial charge on any atom is -0.493 e. The molecule has 1 aliphatic rings. The molecule has 1 saturated heterocycles. The molecule has 5 heteroatoms. The molecule has 0 radical (unpaired) electrons. The van der Waals surface area contributed by atoms with Crippen LogP contribution in [0.15, 0.2) is 48.6 Å². The van der Waals surface area contributed by atoms with E-state index < -0.39 is 11.6 Å². The lowest BCUT2D eigenvalue weighted by Crippen LogP contribution is -2.28. The van der Waals surface area contributed by atoms with Gasteiger partial charge in [-0.2, -0.15) is 4.39 Å². The van der Waals surface area contributed by atoms with Crippen LogP contribution in [0, 0.1) is 17.6 Å². The summed E-state index contributed by atoms with van der Waals surface area (Å²) in [5.74, 6) is -0.886. The lowest BCUT2D eigenvalue weighted by atomic mass is 9.99. The molecule has 28 heavy (non-hydrogen) atoms. The van der Waals surface area contributed by atoms with Gasteiger partial charge in [0.05, 0.1) is 25.9 Å². The van der Waals surface area contributed by atoms with Crippen LogP contribution in [0.25, 0.3) is 11.1 Å². The Balaban J connectivity index is 1.59. The van der Waals surface area contributed by atoms with Gasteiger partial charge in [-0.05, 0) is 56.5 Å². The van der Waals surface area contributed by atoms with E-state index in [1.807, 2.05) is 13.0 Å². The highest BCUT2D eigenvalue weighted by molar-refractivity contribution is 5.66. The Morgan fingerprint density at radius 2 is 1.82 bits per heavy atom. The predicted molar refractivity (Wildman–Crippen MR) is 106 cm³/mol. The van der Waals surface area contributed by atoms with Gasteiger partial charge in [-0.1, -0.05) is 24.3 Å². The molecule has 0 amide bonds. The smallest absolute Gasteiger partial charge is 0.201 e. The topological polar surface area (TPSA) is 27.7 Å². The maximum atomic E-state index is 14.3. The SMILES string of the molecule is C/C=C/C1CCC(COc2ccc(-c3ccc(OCC)c(F)c3F)cc2)CO1. The van der Waals surface area contributed by atoms with Gasteiger partial charge in [0.2, 0.25) is 5.82 Å². The summed E-state index contributed by atoms with van der Waals surface area (Å²) in [5.41, 5.74) is 0.783. The molecule has 150 valence electrons. The molecule has 0 spiro atoms. The van der Waals surface area contributed by atoms with Crippen LogP contribution >= 0.6 is 0 Å². The molecule has 0 N–H and O–H groups in total. The molecule has 2 unspecified atom stereocenters. The third-order valence-electron chi connectivity index (χ3n) is 4.81. The summed E-state index contributed by atoms with van der Waals surface area (Å²) in [6.45, 7) is 5.27. The Morgan fingerprint density at radius 1 is 1.04 bits per heavy atom. The average Bonchev–Trinajstić information content (AvgIpc) is 2.72. The first-order chi connectivity index (χ1) is 13.6. The molecule has 0 saturated carbocycles. The number of halogens is 2. The average molecular weight is 388 g/mol. The van der Waals surface area contributed by atoms with Crippen LogP contribution in [0.2, 0.25) is 0 Å². The fourth-order valence-corrected chi connectivity index (χ4v) is 3.29. The Morgan fingerprint density at radius 3 is 2.46 bits per heavy atom.